The molecule has 11 nitrogen and oxygen atoms in total. The molecule has 4 aliphatic carbocycles. The topological polar surface area (TPSA) is 162 Å². The van der Waals surface area contributed by atoms with Crippen molar-refractivity contribution < 1.29 is 43.1 Å². The number of hydrogen-bond donors (Lipinski definition) is 2. The maximum absolute atomic E-state index is 12.5. The van der Waals surface area contributed by atoms with Crippen LogP contribution in [0.3, 0.4) is 0 Å². The van der Waals surface area contributed by atoms with Gasteiger partial charge in [-0.3, -0.25) is 14.4 Å². The number of aliphatic carboxylic acids is 1. The molecule has 0 spiro atoms. The Balaban J connectivity index is 0.000000231. The molecule has 2 aromatic heterocycles. The van der Waals surface area contributed by atoms with Crippen molar-refractivity contribution in [1.29, 1.82) is 0 Å². The first-order valence-corrected chi connectivity index (χ1v) is 23.5. The van der Waals surface area contributed by atoms with Crippen LogP contribution in [0, 0.1) is 22.7 Å². The lowest BCUT2D eigenvalue weighted by Crippen LogP contribution is -2.26. The number of carbonyl (C=O) groups is 3. The quantitative estimate of drug-likeness (QED) is 0.137. The van der Waals surface area contributed by atoms with E-state index in [-0.39, 0.29) is 43.2 Å². The van der Waals surface area contributed by atoms with Crippen LogP contribution in [-0.4, -0.2) is 56.2 Å². The fourth-order valence-corrected chi connectivity index (χ4v) is 9.83. The first kappa shape index (κ1) is 48.8. The van der Waals surface area contributed by atoms with Gasteiger partial charge >= 0.3 is 17.9 Å². The second kappa shape index (κ2) is 19.7. The Bertz CT molecular complexity index is 1760. The van der Waals surface area contributed by atoms with E-state index >= 15 is 0 Å². The van der Waals surface area contributed by atoms with E-state index < -0.39 is 17.2 Å². The van der Waals surface area contributed by atoms with Gasteiger partial charge in [0.2, 0.25) is 0 Å². The molecule has 344 valence electrons. The van der Waals surface area contributed by atoms with E-state index in [1.807, 2.05) is 41.5 Å². The molecule has 2 aromatic rings. The molecule has 2 unspecified atom stereocenters. The Labute approximate surface area is 366 Å². The average Bonchev–Trinajstić information content (AvgIpc) is 4.01. The third kappa shape index (κ3) is 15.2. The van der Waals surface area contributed by atoms with Crippen LogP contribution in [-0.2, 0) is 23.9 Å². The van der Waals surface area contributed by atoms with Crippen LogP contribution in [0.25, 0.3) is 0 Å². The summed E-state index contributed by atoms with van der Waals surface area (Å²) in [6.45, 7) is 25.1. The van der Waals surface area contributed by atoms with Crippen molar-refractivity contribution in [3.63, 3.8) is 0 Å². The van der Waals surface area contributed by atoms with Gasteiger partial charge in [0.05, 0.1) is 24.2 Å². The van der Waals surface area contributed by atoms with Crippen LogP contribution in [0.2, 0.25) is 0 Å². The summed E-state index contributed by atoms with van der Waals surface area (Å²) in [4.78, 5) is 36.3. The monoisotopic (exact) mass is 853 g/mol. The highest BCUT2D eigenvalue weighted by molar-refractivity contribution is 5.72. The molecule has 0 amide bonds. The largest absolute Gasteiger partial charge is 0.481 e. The number of carboxylic acids is 1. The summed E-state index contributed by atoms with van der Waals surface area (Å²) < 4.78 is 22.9. The van der Waals surface area contributed by atoms with E-state index in [9.17, 15) is 24.6 Å². The normalized spacial score (nSPS) is 22.9. The lowest BCUT2D eigenvalue weighted by Gasteiger charge is -2.38. The van der Waals surface area contributed by atoms with Gasteiger partial charge in [-0.2, -0.15) is 0 Å². The minimum absolute atomic E-state index is 0.00313. The minimum Gasteiger partial charge on any atom is -0.481 e. The molecule has 0 aromatic carbocycles. The van der Waals surface area contributed by atoms with Gasteiger partial charge in [-0.05, 0) is 160 Å². The van der Waals surface area contributed by atoms with Gasteiger partial charge < -0.3 is 28.7 Å². The third-order valence-electron chi connectivity index (χ3n) is 12.4. The van der Waals surface area contributed by atoms with E-state index in [1.165, 1.54) is 44.1 Å². The van der Waals surface area contributed by atoms with Crippen molar-refractivity contribution in [2.45, 2.75) is 233 Å². The molecule has 2 atom stereocenters. The number of esters is 2. The smallest absolute Gasteiger partial charge is 0.306 e. The Kier molecular flexibility index (Phi) is 15.7. The van der Waals surface area contributed by atoms with Crippen LogP contribution < -0.4 is 0 Å². The number of carbonyl (C=O) groups excluding carboxylic acids is 2. The maximum atomic E-state index is 12.5. The molecular formula is C50H80N2O9. The molecule has 0 aliphatic heterocycles. The van der Waals surface area contributed by atoms with Crippen LogP contribution in [0.5, 0.6) is 0 Å². The van der Waals surface area contributed by atoms with Gasteiger partial charge in [0.25, 0.3) is 0 Å². The summed E-state index contributed by atoms with van der Waals surface area (Å²) in [5.41, 5.74) is 3.81. The molecule has 0 saturated heterocycles. The SMILES string of the molecule is CC(C)(C)CC1CC(c2onc(C(CCC(=O)O)CC(=O)OC(C)(C)C)c2C2CC2)C1.CC(C)(C)CC1CC(c2onc(C(CCCO)CC(=O)OC(C)(C)C)c2C2CC2)C1. The van der Waals surface area contributed by atoms with Crippen LogP contribution in [0.15, 0.2) is 9.05 Å². The first-order valence-electron chi connectivity index (χ1n) is 23.5. The highest BCUT2D eigenvalue weighted by Gasteiger charge is 2.44. The number of nitrogens with zero attached hydrogens (tertiary/aromatic N) is 2. The zero-order valence-corrected chi connectivity index (χ0v) is 39.8. The summed E-state index contributed by atoms with van der Waals surface area (Å²) in [6, 6.07) is 0. The molecular weight excluding hydrogens is 773 g/mol. The highest BCUT2D eigenvalue weighted by Crippen LogP contribution is 2.55. The third-order valence-corrected chi connectivity index (χ3v) is 12.4. The molecule has 4 aliphatic rings. The number of ether oxygens (including phenoxy) is 2. The molecule has 11 heteroatoms. The van der Waals surface area contributed by atoms with Gasteiger partial charge in [-0.1, -0.05) is 51.9 Å². The molecule has 4 saturated carbocycles. The predicted octanol–water partition coefficient (Wildman–Crippen LogP) is 12.2. The molecule has 2 N–H and O–H groups in total. The van der Waals surface area contributed by atoms with Gasteiger partial charge in [0.15, 0.2) is 0 Å². The minimum atomic E-state index is -0.866. The van der Waals surface area contributed by atoms with Gasteiger partial charge in [0.1, 0.15) is 22.7 Å². The summed E-state index contributed by atoms with van der Waals surface area (Å²) in [5, 5.41) is 27.5. The molecule has 0 bridgehead atoms. The molecule has 0 radical (unpaired) electrons. The Morgan fingerprint density at radius 2 is 1.00 bits per heavy atom. The fraction of sp³-hybridized carbons (Fsp3) is 0.820. The van der Waals surface area contributed by atoms with Crippen molar-refractivity contribution in [3.8, 4) is 0 Å². The van der Waals surface area contributed by atoms with E-state index in [4.69, 9.17) is 18.5 Å². The molecule has 6 rings (SSSR count). The van der Waals surface area contributed by atoms with E-state index in [2.05, 4.69) is 51.9 Å². The van der Waals surface area contributed by atoms with E-state index in [0.29, 0.717) is 53.8 Å². The second-order valence-corrected chi connectivity index (χ2v) is 23.6. The molecule has 61 heavy (non-hydrogen) atoms. The fourth-order valence-electron chi connectivity index (χ4n) is 9.83. The van der Waals surface area contributed by atoms with Gasteiger partial charge in [-0.25, -0.2) is 0 Å². The number of aliphatic hydroxyl groups is 1. The van der Waals surface area contributed by atoms with Crippen LogP contribution >= 0.6 is 0 Å². The van der Waals surface area contributed by atoms with Crippen molar-refractivity contribution >= 4 is 17.9 Å². The van der Waals surface area contributed by atoms with Crippen LogP contribution in [0.4, 0.5) is 0 Å². The summed E-state index contributed by atoms with van der Waals surface area (Å²) in [5.74, 6) is 3.65. The van der Waals surface area contributed by atoms with Crippen molar-refractivity contribution in [3.05, 3.63) is 34.0 Å². The van der Waals surface area contributed by atoms with Gasteiger partial charge in [-0.15, -0.1) is 0 Å². The first-order chi connectivity index (χ1) is 28.3. The van der Waals surface area contributed by atoms with E-state index in [0.717, 1.165) is 72.4 Å². The standard InChI is InChI=1S/C25H39NO5.C25H41NO4/c1-24(2,3)14-15-11-18(12-15)23-21(16-7-8-16)22(26-31-23)17(9-10-19(27)28)13-20(29)30-25(4,5)6;1-24(2,3)15-16-12-19(13-16)23-21(17-9-10-17)22(26-30-23)18(8-7-11-27)14-20(28)29-25(4,5)6/h15-18H,7-14H2,1-6H3,(H,27,28);16-19,27H,7-15H2,1-6H3. The number of aromatic nitrogens is 2. The number of hydrogen-bond acceptors (Lipinski definition) is 10. The Morgan fingerprint density at radius 1 is 0.623 bits per heavy atom. The van der Waals surface area contributed by atoms with Crippen molar-refractivity contribution in [2.75, 3.05) is 6.61 Å². The second-order valence-electron chi connectivity index (χ2n) is 23.6. The summed E-state index contributed by atoms with van der Waals surface area (Å²) in [6.07, 6.45) is 13.8. The predicted molar refractivity (Wildman–Crippen MR) is 236 cm³/mol. The highest BCUT2D eigenvalue weighted by atomic mass is 16.6. The Hall–Kier alpha value is -3.21. The summed E-state index contributed by atoms with van der Waals surface area (Å²) >= 11 is 0. The number of carboxylic acid groups (broad SMARTS) is 1. The number of rotatable bonds is 18. The van der Waals surface area contributed by atoms with Gasteiger partial charge in [0, 0.05) is 47.8 Å². The zero-order valence-electron chi connectivity index (χ0n) is 39.8. The van der Waals surface area contributed by atoms with Crippen molar-refractivity contribution in [1.82, 2.24) is 10.3 Å². The zero-order chi connectivity index (χ0) is 45.1. The van der Waals surface area contributed by atoms with E-state index in [1.54, 1.807) is 0 Å². The average molecular weight is 853 g/mol. The lowest BCUT2D eigenvalue weighted by atomic mass is 9.66. The summed E-state index contributed by atoms with van der Waals surface area (Å²) in [7, 11) is 0. The molecule has 2 heterocycles. The van der Waals surface area contributed by atoms with Crippen LogP contribution in [0.1, 0.15) is 255 Å². The molecule has 4 fully saturated rings. The Morgan fingerprint density at radius 3 is 1.31 bits per heavy atom. The number of aliphatic hydroxyl groups excluding tert-OH is 1. The van der Waals surface area contributed by atoms with Crippen molar-refractivity contribution in [2.24, 2.45) is 22.7 Å². The maximum Gasteiger partial charge on any atom is 0.306 e. The lowest BCUT2D eigenvalue weighted by molar-refractivity contribution is -0.156.